The molecule has 2 aromatic carbocycles. The molecule has 0 heterocycles. The molecular formula is C15H13ClNO4S-. The van der Waals surface area contributed by atoms with E-state index in [-0.39, 0.29) is 21.2 Å². The Labute approximate surface area is 133 Å². The Hall–Kier alpha value is -2.05. The number of aromatic carboxylic acids is 1. The van der Waals surface area contributed by atoms with Crippen LogP contribution in [0.25, 0.3) is 0 Å². The van der Waals surface area contributed by atoms with Gasteiger partial charge < -0.3 is 9.90 Å². The molecule has 2 aromatic rings. The molecule has 0 saturated heterocycles. The molecule has 0 aliphatic carbocycles. The molecule has 2 rings (SSSR count). The van der Waals surface area contributed by atoms with Crippen molar-refractivity contribution < 1.29 is 18.3 Å². The largest absolute Gasteiger partial charge is 0.545 e. The first-order valence-electron chi connectivity index (χ1n) is 6.32. The number of halogens is 1. The van der Waals surface area contributed by atoms with Gasteiger partial charge in [0.05, 0.1) is 21.6 Å². The van der Waals surface area contributed by atoms with E-state index in [0.717, 1.165) is 6.07 Å². The topological polar surface area (TPSA) is 86.3 Å². The van der Waals surface area contributed by atoms with Crippen LogP contribution in [0.1, 0.15) is 21.5 Å². The molecule has 1 N–H and O–H groups in total. The average Bonchev–Trinajstić information content (AvgIpc) is 2.43. The maximum atomic E-state index is 12.5. The van der Waals surface area contributed by atoms with Crippen LogP contribution in [-0.4, -0.2) is 14.4 Å². The van der Waals surface area contributed by atoms with Crippen molar-refractivity contribution in [2.24, 2.45) is 0 Å². The molecule has 5 nitrogen and oxygen atoms in total. The summed E-state index contributed by atoms with van der Waals surface area (Å²) in [4.78, 5) is 10.9. The van der Waals surface area contributed by atoms with Crippen molar-refractivity contribution in [2.75, 3.05) is 4.72 Å². The minimum Gasteiger partial charge on any atom is -0.545 e. The average molecular weight is 339 g/mol. The van der Waals surface area contributed by atoms with Crippen LogP contribution < -0.4 is 9.83 Å². The molecule has 0 radical (unpaired) electrons. The van der Waals surface area contributed by atoms with Crippen LogP contribution in [0.5, 0.6) is 0 Å². The molecule has 0 fully saturated rings. The zero-order valence-electron chi connectivity index (χ0n) is 11.9. The van der Waals surface area contributed by atoms with Crippen molar-refractivity contribution in [1.82, 2.24) is 0 Å². The second kappa shape index (κ2) is 5.98. The van der Waals surface area contributed by atoms with Crippen LogP contribution in [-0.2, 0) is 10.0 Å². The second-order valence-electron chi connectivity index (χ2n) is 4.79. The van der Waals surface area contributed by atoms with E-state index in [1.165, 1.54) is 12.1 Å². The van der Waals surface area contributed by atoms with Gasteiger partial charge in [0.25, 0.3) is 10.0 Å². The summed E-state index contributed by atoms with van der Waals surface area (Å²) < 4.78 is 27.4. The van der Waals surface area contributed by atoms with Crippen LogP contribution in [0.2, 0.25) is 5.02 Å². The van der Waals surface area contributed by atoms with Gasteiger partial charge in [-0.25, -0.2) is 8.42 Å². The lowest BCUT2D eigenvalue weighted by molar-refractivity contribution is -0.255. The zero-order valence-corrected chi connectivity index (χ0v) is 13.5. The van der Waals surface area contributed by atoms with Crippen LogP contribution in [0.15, 0.2) is 41.3 Å². The predicted molar refractivity (Wildman–Crippen MR) is 82.5 cm³/mol. The van der Waals surface area contributed by atoms with Crippen LogP contribution >= 0.6 is 11.6 Å². The molecule has 0 atom stereocenters. The van der Waals surface area contributed by atoms with Crippen molar-refractivity contribution in [1.29, 1.82) is 0 Å². The number of carbonyl (C=O) groups excluding carboxylic acids is 1. The molecule has 0 aliphatic rings. The molecule has 0 bridgehead atoms. The van der Waals surface area contributed by atoms with Gasteiger partial charge >= 0.3 is 0 Å². The monoisotopic (exact) mass is 338 g/mol. The molecule has 0 unspecified atom stereocenters. The molecule has 0 aliphatic heterocycles. The first-order valence-corrected chi connectivity index (χ1v) is 8.18. The number of hydrogen-bond donors (Lipinski definition) is 1. The third kappa shape index (κ3) is 3.23. The first-order chi connectivity index (χ1) is 10.2. The Morgan fingerprint density at radius 2 is 1.82 bits per heavy atom. The number of nitrogens with one attached hydrogen (secondary N) is 1. The number of rotatable bonds is 4. The van der Waals surface area contributed by atoms with Gasteiger partial charge in [-0.1, -0.05) is 23.7 Å². The highest BCUT2D eigenvalue weighted by molar-refractivity contribution is 7.92. The Morgan fingerprint density at radius 1 is 1.18 bits per heavy atom. The quantitative estimate of drug-likeness (QED) is 0.925. The van der Waals surface area contributed by atoms with Crippen LogP contribution in [0, 0.1) is 13.8 Å². The van der Waals surface area contributed by atoms with E-state index < -0.39 is 16.0 Å². The summed E-state index contributed by atoms with van der Waals surface area (Å²) in [5.41, 5.74) is 1.04. The second-order valence-corrected chi connectivity index (χ2v) is 6.85. The molecule has 22 heavy (non-hydrogen) atoms. The van der Waals surface area contributed by atoms with Gasteiger partial charge in [0, 0.05) is 0 Å². The van der Waals surface area contributed by atoms with Gasteiger partial charge in [-0.2, -0.15) is 0 Å². The Bertz CT molecular complexity index is 847. The number of sulfonamides is 1. The fourth-order valence-electron chi connectivity index (χ4n) is 1.97. The third-order valence-corrected chi connectivity index (χ3v) is 5.08. The summed E-state index contributed by atoms with van der Waals surface area (Å²) in [6, 6.07) is 8.83. The SMILES string of the molecule is Cc1cc(C(=O)[O-])cc(S(=O)(=O)Nc2ccccc2Cl)c1C. The van der Waals surface area contributed by atoms with Gasteiger partial charge in [0.1, 0.15) is 0 Å². The molecule has 7 heteroatoms. The smallest absolute Gasteiger partial charge is 0.262 e. The molecule has 0 aromatic heterocycles. The molecule has 0 spiro atoms. The lowest BCUT2D eigenvalue weighted by Crippen LogP contribution is -2.24. The number of carboxylic acid groups (broad SMARTS) is 1. The number of carboxylic acids is 1. The van der Waals surface area contributed by atoms with E-state index in [1.54, 1.807) is 32.0 Å². The minimum atomic E-state index is -3.97. The van der Waals surface area contributed by atoms with Gasteiger partial charge in [0.2, 0.25) is 0 Å². The van der Waals surface area contributed by atoms with E-state index in [9.17, 15) is 18.3 Å². The Balaban J connectivity index is 2.54. The van der Waals surface area contributed by atoms with E-state index in [4.69, 9.17) is 11.6 Å². The van der Waals surface area contributed by atoms with Crippen molar-refractivity contribution >= 4 is 33.3 Å². The summed E-state index contributed by atoms with van der Waals surface area (Å²) in [7, 11) is -3.97. The zero-order chi connectivity index (χ0) is 16.5. The van der Waals surface area contributed by atoms with Crippen molar-refractivity contribution in [3.05, 3.63) is 58.1 Å². The molecule has 0 saturated carbocycles. The standard InChI is InChI=1S/C15H14ClNO4S/c1-9-7-11(15(18)19)8-14(10(9)2)22(20,21)17-13-6-4-3-5-12(13)16/h3-8,17H,1-2H3,(H,18,19)/p-1. The normalized spacial score (nSPS) is 11.2. The number of aryl methyl sites for hydroxylation is 1. The van der Waals surface area contributed by atoms with E-state index in [1.807, 2.05) is 0 Å². The summed E-state index contributed by atoms with van der Waals surface area (Å²) in [6.45, 7) is 3.24. The summed E-state index contributed by atoms with van der Waals surface area (Å²) in [6.07, 6.45) is 0. The highest BCUT2D eigenvalue weighted by Gasteiger charge is 2.20. The molecule has 116 valence electrons. The lowest BCUT2D eigenvalue weighted by atomic mass is 10.1. The molecule has 0 amide bonds. The Morgan fingerprint density at radius 3 is 2.41 bits per heavy atom. The number of carbonyl (C=O) groups is 1. The number of hydrogen-bond acceptors (Lipinski definition) is 4. The summed E-state index contributed by atoms with van der Waals surface area (Å²) >= 11 is 5.94. The number of anilines is 1. The Kier molecular flexibility index (Phi) is 4.44. The number of benzene rings is 2. The minimum absolute atomic E-state index is 0.119. The van der Waals surface area contributed by atoms with Gasteiger partial charge in [-0.05, 0) is 54.8 Å². The number of para-hydroxylation sites is 1. The van der Waals surface area contributed by atoms with Crippen molar-refractivity contribution in [3.8, 4) is 0 Å². The maximum absolute atomic E-state index is 12.5. The van der Waals surface area contributed by atoms with Gasteiger partial charge in [-0.15, -0.1) is 0 Å². The van der Waals surface area contributed by atoms with Crippen molar-refractivity contribution in [3.63, 3.8) is 0 Å². The van der Waals surface area contributed by atoms with Crippen LogP contribution in [0.4, 0.5) is 5.69 Å². The summed E-state index contributed by atoms with van der Waals surface area (Å²) in [5.74, 6) is -1.43. The lowest BCUT2D eigenvalue weighted by Gasteiger charge is -2.15. The van der Waals surface area contributed by atoms with E-state index in [2.05, 4.69) is 4.72 Å². The fraction of sp³-hybridized carbons (Fsp3) is 0.133. The third-order valence-electron chi connectivity index (χ3n) is 3.26. The maximum Gasteiger partial charge on any atom is 0.262 e. The van der Waals surface area contributed by atoms with E-state index >= 15 is 0 Å². The van der Waals surface area contributed by atoms with Gasteiger partial charge in [-0.3, -0.25) is 4.72 Å². The predicted octanol–water partition coefficient (Wildman–Crippen LogP) is 2.12. The molecular weight excluding hydrogens is 326 g/mol. The van der Waals surface area contributed by atoms with E-state index in [0.29, 0.717) is 11.1 Å². The highest BCUT2D eigenvalue weighted by atomic mass is 35.5. The highest BCUT2D eigenvalue weighted by Crippen LogP contribution is 2.27. The van der Waals surface area contributed by atoms with Crippen molar-refractivity contribution in [2.45, 2.75) is 18.7 Å². The summed E-state index contributed by atoms with van der Waals surface area (Å²) in [5, 5.41) is 11.3. The fourth-order valence-corrected chi connectivity index (χ4v) is 3.63. The van der Waals surface area contributed by atoms with Crippen LogP contribution in [0.3, 0.4) is 0 Å². The first kappa shape index (κ1) is 16.3. The van der Waals surface area contributed by atoms with Gasteiger partial charge in [0.15, 0.2) is 0 Å².